The fourth-order valence-corrected chi connectivity index (χ4v) is 2.66. The Morgan fingerprint density at radius 1 is 1.31 bits per heavy atom. The van der Waals surface area contributed by atoms with E-state index < -0.39 is 0 Å². The number of hydrogen-bond donors (Lipinski definition) is 1. The lowest BCUT2D eigenvalue weighted by Gasteiger charge is -2.16. The minimum absolute atomic E-state index is 1.04. The SMILES string of the molecule is Cc1cc(Br)ccc1NCCN1CCCC1. The average Bonchev–Trinajstić information content (AvgIpc) is 2.74. The van der Waals surface area contributed by atoms with E-state index in [4.69, 9.17) is 0 Å². The van der Waals surface area contributed by atoms with Crippen molar-refractivity contribution < 1.29 is 0 Å². The molecule has 2 nitrogen and oxygen atoms in total. The van der Waals surface area contributed by atoms with Crippen LogP contribution in [0.1, 0.15) is 18.4 Å². The van der Waals surface area contributed by atoms with Gasteiger partial charge in [-0.25, -0.2) is 0 Å². The maximum atomic E-state index is 3.50. The van der Waals surface area contributed by atoms with Crippen LogP contribution in [-0.2, 0) is 0 Å². The predicted molar refractivity (Wildman–Crippen MR) is 73.0 cm³/mol. The molecule has 16 heavy (non-hydrogen) atoms. The van der Waals surface area contributed by atoms with Gasteiger partial charge in [-0.3, -0.25) is 0 Å². The summed E-state index contributed by atoms with van der Waals surface area (Å²) in [6, 6.07) is 6.38. The number of nitrogens with zero attached hydrogens (tertiary/aromatic N) is 1. The molecule has 1 aromatic rings. The summed E-state index contributed by atoms with van der Waals surface area (Å²) in [6.07, 6.45) is 2.74. The highest BCUT2D eigenvalue weighted by Crippen LogP contribution is 2.19. The number of anilines is 1. The largest absolute Gasteiger partial charge is 0.384 e. The molecule has 1 aliphatic rings. The number of aryl methyl sites for hydroxylation is 1. The van der Waals surface area contributed by atoms with Gasteiger partial charge >= 0.3 is 0 Å². The highest BCUT2D eigenvalue weighted by Gasteiger charge is 2.10. The van der Waals surface area contributed by atoms with Gasteiger partial charge in [0.15, 0.2) is 0 Å². The molecule has 0 aliphatic carbocycles. The minimum atomic E-state index is 1.04. The third kappa shape index (κ3) is 3.22. The molecule has 0 radical (unpaired) electrons. The first kappa shape index (κ1) is 11.9. The second kappa shape index (κ2) is 5.69. The summed E-state index contributed by atoms with van der Waals surface area (Å²) >= 11 is 3.48. The average molecular weight is 283 g/mol. The third-order valence-electron chi connectivity index (χ3n) is 3.13. The zero-order valence-electron chi connectivity index (χ0n) is 9.80. The van der Waals surface area contributed by atoms with Crippen LogP contribution in [0.4, 0.5) is 5.69 Å². The molecule has 0 aromatic heterocycles. The normalized spacial score (nSPS) is 16.6. The molecule has 1 saturated heterocycles. The minimum Gasteiger partial charge on any atom is -0.384 e. The smallest absolute Gasteiger partial charge is 0.0371 e. The second-order valence-electron chi connectivity index (χ2n) is 4.43. The van der Waals surface area contributed by atoms with Gasteiger partial charge in [-0.15, -0.1) is 0 Å². The predicted octanol–water partition coefficient (Wildman–Crippen LogP) is 3.27. The summed E-state index contributed by atoms with van der Waals surface area (Å²) in [5, 5.41) is 3.50. The Morgan fingerprint density at radius 2 is 2.06 bits per heavy atom. The van der Waals surface area contributed by atoms with E-state index in [1.807, 2.05) is 0 Å². The number of rotatable bonds is 4. The van der Waals surface area contributed by atoms with E-state index in [2.05, 4.69) is 51.3 Å². The Bertz CT molecular complexity index is 346. The summed E-state index contributed by atoms with van der Waals surface area (Å²) in [6.45, 7) is 6.91. The first-order valence-electron chi connectivity index (χ1n) is 5.98. The number of hydrogen-bond acceptors (Lipinski definition) is 2. The molecule has 1 aromatic carbocycles. The highest BCUT2D eigenvalue weighted by atomic mass is 79.9. The van der Waals surface area contributed by atoms with Crippen LogP contribution in [0.25, 0.3) is 0 Å². The van der Waals surface area contributed by atoms with E-state index in [9.17, 15) is 0 Å². The molecule has 88 valence electrons. The van der Waals surface area contributed by atoms with E-state index in [-0.39, 0.29) is 0 Å². The van der Waals surface area contributed by atoms with Crippen molar-refractivity contribution in [3.8, 4) is 0 Å². The van der Waals surface area contributed by atoms with Crippen molar-refractivity contribution in [2.45, 2.75) is 19.8 Å². The molecule has 1 aliphatic heterocycles. The quantitative estimate of drug-likeness (QED) is 0.912. The Morgan fingerprint density at radius 3 is 2.75 bits per heavy atom. The lowest BCUT2D eigenvalue weighted by Crippen LogP contribution is -2.26. The van der Waals surface area contributed by atoms with Crippen molar-refractivity contribution in [3.63, 3.8) is 0 Å². The first-order valence-corrected chi connectivity index (χ1v) is 6.77. The molecule has 0 saturated carbocycles. The summed E-state index contributed by atoms with van der Waals surface area (Å²) < 4.78 is 1.15. The summed E-state index contributed by atoms with van der Waals surface area (Å²) in [7, 11) is 0. The van der Waals surface area contributed by atoms with E-state index in [0.717, 1.165) is 17.6 Å². The van der Waals surface area contributed by atoms with Crippen molar-refractivity contribution >= 4 is 21.6 Å². The van der Waals surface area contributed by atoms with Crippen molar-refractivity contribution in [2.24, 2.45) is 0 Å². The Hall–Kier alpha value is -0.540. The first-order chi connectivity index (χ1) is 7.75. The number of nitrogens with one attached hydrogen (secondary N) is 1. The van der Waals surface area contributed by atoms with Gasteiger partial charge in [0.2, 0.25) is 0 Å². The van der Waals surface area contributed by atoms with Gasteiger partial charge in [-0.05, 0) is 56.6 Å². The monoisotopic (exact) mass is 282 g/mol. The van der Waals surface area contributed by atoms with Crippen LogP contribution in [-0.4, -0.2) is 31.1 Å². The highest BCUT2D eigenvalue weighted by molar-refractivity contribution is 9.10. The molecule has 2 rings (SSSR count). The number of halogens is 1. The van der Waals surface area contributed by atoms with E-state index in [1.54, 1.807) is 0 Å². The molecule has 1 fully saturated rings. The van der Waals surface area contributed by atoms with Gasteiger partial charge in [0, 0.05) is 23.2 Å². The molecule has 0 spiro atoms. The van der Waals surface area contributed by atoms with E-state index >= 15 is 0 Å². The van der Waals surface area contributed by atoms with Crippen LogP contribution in [0.15, 0.2) is 22.7 Å². The topological polar surface area (TPSA) is 15.3 Å². The molecule has 1 N–H and O–H groups in total. The van der Waals surface area contributed by atoms with Crippen LogP contribution >= 0.6 is 15.9 Å². The lowest BCUT2D eigenvalue weighted by atomic mass is 10.2. The van der Waals surface area contributed by atoms with Gasteiger partial charge in [-0.2, -0.15) is 0 Å². The van der Waals surface area contributed by atoms with Crippen molar-refractivity contribution in [3.05, 3.63) is 28.2 Å². The molecule has 0 bridgehead atoms. The Kier molecular flexibility index (Phi) is 4.24. The molecule has 0 amide bonds. The molecule has 0 unspecified atom stereocenters. The Balaban J connectivity index is 1.80. The molecular weight excluding hydrogens is 264 g/mol. The van der Waals surface area contributed by atoms with Gasteiger partial charge in [-0.1, -0.05) is 15.9 Å². The van der Waals surface area contributed by atoms with Crippen LogP contribution in [0.2, 0.25) is 0 Å². The summed E-state index contributed by atoms with van der Waals surface area (Å²) in [5.74, 6) is 0. The maximum absolute atomic E-state index is 3.50. The Labute approximate surface area is 106 Å². The zero-order valence-corrected chi connectivity index (χ0v) is 11.4. The molecular formula is C13H19BrN2. The number of benzene rings is 1. The zero-order chi connectivity index (χ0) is 11.4. The third-order valence-corrected chi connectivity index (χ3v) is 3.62. The van der Waals surface area contributed by atoms with Crippen molar-refractivity contribution in [2.75, 3.05) is 31.5 Å². The fourth-order valence-electron chi connectivity index (χ4n) is 2.18. The second-order valence-corrected chi connectivity index (χ2v) is 5.35. The van der Waals surface area contributed by atoms with Crippen LogP contribution in [0.3, 0.4) is 0 Å². The van der Waals surface area contributed by atoms with Gasteiger partial charge in [0.05, 0.1) is 0 Å². The van der Waals surface area contributed by atoms with Crippen molar-refractivity contribution in [1.82, 2.24) is 4.90 Å². The van der Waals surface area contributed by atoms with Crippen molar-refractivity contribution in [1.29, 1.82) is 0 Å². The van der Waals surface area contributed by atoms with E-state index in [1.165, 1.54) is 37.2 Å². The molecule has 1 heterocycles. The molecule has 3 heteroatoms. The molecule has 0 atom stereocenters. The van der Waals surface area contributed by atoms with E-state index in [0.29, 0.717) is 0 Å². The van der Waals surface area contributed by atoms with Crippen LogP contribution < -0.4 is 5.32 Å². The van der Waals surface area contributed by atoms with Gasteiger partial charge in [0.25, 0.3) is 0 Å². The maximum Gasteiger partial charge on any atom is 0.0371 e. The summed E-state index contributed by atoms with van der Waals surface area (Å²) in [5.41, 5.74) is 2.55. The standard InChI is InChI=1S/C13H19BrN2/c1-11-10-12(14)4-5-13(11)15-6-9-16-7-2-3-8-16/h4-5,10,15H,2-3,6-9H2,1H3. The lowest BCUT2D eigenvalue weighted by molar-refractivity contribution is 0.352. The summed E-state index contributed by atoms with van der Waals surface area (Å²) in [4.78, 5) is 2.53. The number of likely N-dealkylation sites (tertiary alicyclic amines) is 1. The fraction of sp³-hybridized carbons (Fsp3) is 0.538. The van der Waals surface area contributed by atoms with Crippen LogP contribution in [0, 0.1) is 6.92 Å². The van der Waals surface area contributed by atoms with Crippen LogP contribution in [0.5, 0.6) is 0 Å². The van der Waals surface area contributed by atoms with Gasteiger partial charge < -0.3 is 10.2 Å². The van der Waals surface area contributed by atoms with Gasteiger partial charge in [0.1, 0.15) is 0 Å².